The Morgan fingerprint density at radius 2 is 1.72 bits per heavy atom. The molecule has 6 nitrogen and oxygen atoms in total. The lowest BCUT2D eigenvalue weighted by atomic mass is 9.79. The van der Waals surface area contributed by atoms with Crippen LogP contribution in [0.25, 0.3) is 0 Å². The number of aromatic hydroxyl groups is 1. The van der Waals surface area contributed by atoms with Crippen molar-refractivity contribution in [3.8, 4) is 5.75 Å². The average Bonchev–Trinajstić information content (AvgIpc) is 3.25. The van der Waals surface area contributed by atoms with Crippen LogP contribution in [0.5, 0.6) is 5.75 Å². The Hall–Kier alpha value is -3.62. The standard InChI is InChI=1S/C23H18F3N3O3/c24-13-8-6-12(7-9-13)18(19-14(25)3-1-4-15(19)26)20-16-5-2-10-28(16)23(32)21-22(31)17(30)11-27-29(20)21/h1,3-4,6-9,11,16,18,20,31H,2,5,10H2/t16-,18+,20-/m1/s1. The fraction of sp³-hybridized carbons (Fsp3) is 0.261. The van der Waals surface area contributed by atoms with Crippen molar-refractivity contribution in [2.45, 2.75) is 30.8 Å². The molecule has 1 saturated heterocycles. The molecule has 0 unspecified atom stereocenters. The van der Waals surface area contributed by atoms with Crippen molar-refractivity contribution in [2.24, 2.45) is 0 Å². The molecule has 2 aromatic carbocycles. The molecule has 5 rings (SSSR count). The number of benzene rings is 2. The maximum Gasteiger partial charge on any atom is 0.276 e. The summed E-state index contributed by atoms with van der Waals surface area (Å²) < 4.78 is 44.9. The van der Waals surface area contributed by atoms with Gasteiger partial charge in [0.05, 0.1) is 18.3 Å². The molecule has 3 aromatic rings. The van der Waals surface area contributed by atoms with Crippen molar-refractivity contribution >= 4 is 5.91 Å². The van der Waals surface area contributed by atoms with E-state index >= 15 is 8.78 Å². The van der Waals surface area contributed by atoms with E-state index in [0.717, 1.165) is 18.3 Å². The summed E-state index contributed by atoms with van der Waals surface area (Å²) in [5.41, 5.74) is -0.982. The van der Waals surface area contributed by atoms with E-state index in [4.69, 9.17) is 0 Å². The van der Waals surface area contributed by atoms with Gasteiger partial charge in [-0.25, -0.2) is 13.2 Å². The van der Waals surface area contributed by atoms with E-state index in [9.17, 15) is 19.1 Å². The summed E-state index contributed by atoms with van der Waals surface area (Å²) in [6, 6.07) is 7.44. The molecule has 0 spiro atoms. The molecule has 1 fully saturated rings. The molecule has 32 heavy (non-hydrogen) atoms. The average molecular weight is 441 g/mol. The highest BCUT2D eigenvalue weighted by Crippen LogP contribution is 2.46. The molecule has 1 amide bonds. The number of halogens is 3. The number of aromatic nitrogens is 2. The van der Waals surface area contributed by atoms with Gasteiger partial charge in [0.25, 0.3) is 5.91 Å². The summed E-state index contributed by atoms with van der Waals surface area (Å²) in [5, 5.41) is 14.5. The van der Waals surface area contributed by atoms with E-state index in [0.29, 0.717) is 24.9 Å². The Balaban J connectivity index is 1.82. The molecular formula is C23H18F3N3O3. The molecule has 2 aliphatic heterocycles. The molecule has 3 heterocycles. The summed E-state index contributed by atoms with van der Waals surface area (Å²) in [5.74, 6) is -4.43. The third-order valence-electron chi connectivity index (χ3n) is 6.31. The zero-order chi connectivity index (χ0) is 22.6. The van der Waals surface area contributed by atoms with Crippen molar-refractivity contribution < 1.29 is 23.1 Å². The first-order valence-electron chi connectivity index (χ1n) is 10.2. The van der Waals surface area contributed by atoms with Crippen LogP contribution in [0.3, 0.4) is 0 Å². The zero-order valence-electron chi connectivity index (χ0n) is 16.7. The van der Waals surface area contributed by atoms with Gasteiger partial charge in [-0.15, -0.1) is 0 Å². The molecule has 0 bridgehead atoms. The van der Waals surface area contributed by atoms with Crippen molar-refractivity contribution in [3.05, 3.63) is 93.2 Å². The second kappa shape index (κ2) is 7.51. The highest BCUT2D eigenvalue weighted by Gasteiger charge is 2.49. The predicted octanol–water partition coefficient (Wildman–Crippen LogP) is 3.36. The smallest absolute Gasteiger partial charge is 0.276 e. The van der Waals surface area contributed by atoms with Crippen LogP contribution in [0.2, 0.25) is 0 Å². The van der Waals surface area contributed by atoms with Gasteiger partial charge in [0.2, 0.25) is 5.43 Å². The highest BCUT2D eigenvalue weighted by molar-refractivity contribution is 5.96. The molecule has 0 radical (unpaired) electrons. The van der Waals surface area contributed by atoms with Crippen LogP contribution in [0.15, 0.2) is 53.5 Å². The van der Waals surface area contributed by atoms with Crippen LogP contribution < -0.4 is 5.43 Å². The largest absolute Gasteiger partial charge is 0.502 e. The number of hydrogen-bond acceptors (Lipinski definition) is 4. The number of hydrogen-bond donors (Lipinski definition) is 1. The second-order valence-corrected chi connectivity index (χ2v) is 8.01. The summed E-state index contributed by atoms with van der Waals surface area (Å²) in [4.78, 5) is 26.6. The topological polar surface area (TPSA) is 75.4 Å². The van der Waals surface area contributed by atoms with Crippen LogP contribution >= 0.6 is 0 Å². The first-order valence-corrected chi connectivity index (χ1v) is 10.2. The first-order chi connectivity index (χ1) is 15.4. The van der Waals surface area contributed by atoms with Gasteiger partial charge in [-0.3, -0.25) is 14.3 Å². The minimum atomic E-state index is -1.01. The number of rotatable bonds is 3. The van der Waals surface area contributed by atoms with E-state index in [2.05, 4.69) is 5.10 Å². The van der Waals surface area contributed by atoms with Crippen LogP contribution in [0.4, 0.5) is 13.2 Å². The quantitative estimate of drug-likeness (QED) is 0.677. The van der Waals surface area contributed by atoms with E-state index < -0.39 is 52.5 Å². The Kier molecular flexibility index (Phi) is 4.76. The number of carbonyl (C=O) groups is 1. The van der Waals surface area contributed by atoms with Crippen LogP contribution in [-0.4, -0.2) is 38.3 Å². The van der Waals surface area contributed by atoms with Gasteiger partial charge in [0, 0.05) is 18.0 Å². The van der Waals surface area contributed by atoms with Crippen molar-refractivity contribution in [1.82, 2.24) is 14.7 Å². The normalized spacial score (nSPS) is 20.7. The van der Waals surface area contributed by atoms with E-state index in [1.54, 1.807) is 0 Å². The summed E-state index contributed by atoms with van der Waals surface area (Å²) in [6.07, 6.45) is 2.06. The second-order valence-electron chi connectivity index (χ2n) is 8.01. The minimum Gasteiger partial charge on any atom is -0.502 e. The zero-order valence-corrected chi connectivity index (χ0v) is 16.7. The Morgan fingerprint density at radius 3 is 2.41 bits per heavy atom. The van der Waals surface area contributed by atoms with Crippen LogP contribution in [-0.2, 0) is 0 Å². The van der Waals surface area contributed by atoms with Crippen molar-refractivity contribution in [1.29, 1.82) is 0 Å². The Labute approximate surface area is 180 Å². The van der Waals surface area contributed by atoms with Gasteiger partial charge in [-0.05, 0) is 42.7 Å². The van der Waals surface area contributed by atoms with Crippen LogP contribution in [0.1, 0.15) is 46.4 Å². The molecule has 1 aromatic heterocycles. The van der Waals surface area contributed by atoms with E-state index in [1.165, 1.54) is 39.9 Å². The van der Waals surface area contributed by atoms with Crippen LogP contribution in [0, 0.1) is 17.5 Å². The molecule has 0 aliphatic carbocycles. The summed E-state index contributed by atoms with van der Waals surface area (Å²) >= 11 is 0. The SMILES string of the molecule is O=C1c2c(O)c(=O)cnn2[C@@H]([C@@H](c2ccc(F)cc2)c2c(F)cccc2F)[C@H]2CCCN12. The summed E-state index contributed by atoms with van der Waals surface area (Å²) in [6.45, 7) is 0.373. The third kappa shape index (κ3) is 2.99. The Bertz CT molecular complexity index is 1260. The predicted molar refractivity (Wildman–Crippen MR) is 108 cm³/mol. The first kappa shape index (κ1) is 20.3. The monoisotopic (exact) mass is 441 g/mol. The lowest BCUT2D eigenvalue weighted by Gasteiger charge is -2.42. The van der Waals surface area contributed by atoms with Gasteiger partial charge in [0.1, 0.15) is 17.5 Å². The van der Waals surface area contributed by atoms with Gasteiger partial charge in [-0.1, -0.05) is 18.2 Å². The lowest BCUT2D eigenvalue weighted by Crippen LogP contribution is -2.51. The molecule has 9 heteroatoms. The van der Waals surface area contributed by atoms with E-state index in [1.807, 2.05) is 0 Å². The highest BCUT2D eigenvalue weighted by atomic mass is 19.1. The number of carbonyl (C=O) groups excluding carboxylic acids is 1. The molecule has 1 N–H and O–H groups in total. The number of fused-ring (bicyclic) bond motifs is 2. The maximum atomic E-state index is 15.0. The van der Waals surface area contributed by atoms with Gasteiger partial charge >= 0.3 is 0 Å². The van der Waals surface area contributed by atoms with E-state index in [-0.39, 0.29) is 11.3 Å². The Morgan fingerprint density at radius 1 is 1.03 bits per heavy atom. The molecule has 2 aliphatic rings. The molecular weight excluding hydrogens is 423 g/mol. The van der Waals surface area contributed by atoms with Gasteiger partial charge in [0.15, 0.2) is 11.4 Å². The van der Waals surface area contributed by atoms with Gasteiger partial charge in [-0.2, -0.15) is 5.10 Å². The minimum absolute atomic E-state index is 0.253. The fourth-order valence-electron chi connectivity index (χ4n) is 4.96. The number of nitrogens with zero attached hydrogens (tertiary/aromatic N) is 3. The molecule has 164 valence electrons. The fourth-order valence-corrected chi connectivity index (χ4v) is 4.96. The summed E-state index contributed by atoms with van der Waals surface area (Å²) in [7, 11) is 0. The lowest BCUT2D eigenvalue weighted by molar-refractivity contribution is 0.0563. The maximum absolute atomic E-state index is 15.0. The molecule has 0 saturated carbocycles. The number of amides is 1. The van der Waals surface area contributed by atoms with Crippen molar-refractivity contribution in [3.63, 3.8) is 0 Å². The van der Waals surface area contributed by atoms with Gasteiger partial charge < -0.3 is 10.0 Å². The third-order valence-corrected chi connectivity index (χ3v) is 6.31. The van der Waals surface area contributed by atoms with Crippen molar-refractivity contribution in [2.75, 3.05) is 6.54 Å². The molecule has 3 atom stereocenters.